The highest BCUT2D eigenvalue weighted by molar-refractivity contribution is 7.86. The van der Waals surface area contributed by atoms with Gasteiger partial charge in [-0.1, -0.05) is 13.3 Å². The molecule has 0 aliphatic rings. The number of rotatable bonds is 6. The second-order valence-electron chi connectivity index (χ2n) is 2.69. The Hall–Kier alpha value is -0.620. The van der Waals surface area contributed by atoms with E-state index in [0.29, 0.717) is 6.42 Å². The molecule has 0 fully saturated rings. The van der Waals surface area contributed by atoms with Crippen LogP contribution < -0.4 is 0 Å². The van der Waals surface area contributed by atoms with Crippen molar-refractivity contribution in [1.29, 1.82) is 0 Å². The molecule has 6 heteroatoms. The van der Waals surface area contributed by atoms with Gasteiger partial charge in [0.05, 0.1) is 5.75 Å². The van der Waals surface area contributed by atoms with E-state index in [1.54, 1.807) is 0 Å². The van der Waals surface area contributed by atoms with Crippen LogP contribution in [0.1, 0.15) is 26.7 Å². The van der Waals surface area contributed by atoms with Gasteiger partial charge in [0.2, 0.25) is 0 Å². The van der Waals surface area contributed by atoms with Crippen LogP contribution in [0.2, 0.25) is 0 Å². The molecule has 13 heavy (non-hydrogen) atoms. The molecule has 78 valence electrons. The predicted molar refractivity (Wildman–Crippen MR) is 46.9 cm³/mol. The Bertz CT molecular complexity index is 256. The van der Waals surface area contributed by atoms with Gasteiger partial charge in [-0.2, -0.15) is 8.42 Å². The van der Waals surface area contributed by atoms with Crippen LogP contribution in [0, 0.1) is 0 Å². The first-order chi connectivity index (χ1) is 5.89. The summed E-state index contributed by atoms with van der Waals surface area (Å²) in [4.78, 5) is 10.3. The molecule has 0 heterocycles. The highest BCUT2D eigenvalue weighted by Gasteiger charge is 2.20. The van der Waals surface area contributed by atoms with E-state index >= 15 is 0 Å². The fraction of sp³-hybridized carbons (Fsp3) is 0.857. The minimum atomic E-state index is -3.67. The molecular formula is C7H14O5S. The van der Waals surface area contributed by atoms with Gasteiger partial charge in [0, 0.05) is 0 Å². The van der Waals surface area contributed by atoms with Crippen molar-refractivity contribution < 1.29 is 22.5 Å². The number of carbonyl (C=O) groups is 1. The van der Waals surface area contributed by atoms with Crippen molar-refractivity contribution >= 4 is 16.1 Å². The van der Waals surface area contributed by atoms with Gasteiger partial charge >= 0.3 is 5.97 Å². The molecule has 0 amide bonds. The molecule has 0 spiro atoms. The highest BCUT2D eigenvalue weighted by Crippen LogP contribution is 2.03. The maximum atomic E-state index is 11.0. The van der Waals surface area contributed by atoms with E-state index in [4.69, 9.17) is 5.11 Å². The van der Waals surface area contributed by atoms with Crippen molar-refractivity contribution in [3.63, 3.8) is 0 Å². The monoisotopic (exact) mass is 210 g/mol. The molecule has 0 radical (unpaired) electrons. The third-order valence-corrected chi connectivity index (χ3v) is 2.76. The molecule has 0 bridgehead atoms. The van der Waals surface area contributed by atoms with Crippen molar-refractivity contribution in [2.24, 2.45) is 0 Å². The topological polar surface area (TPSA) is 80.7 Å². The summed E-state index contributed by atoms with van der Waals surface area (Å²) in [6.07, 6.45) is -0.0968. The Labute approximate surface area is 77.8 Å². The number of carboxylic acids is 1. The van der Waals surface area contributed by atoms with Crippen LogP contribution in [0.5, 0.6) is 0 Å². The van der Waals surface area contributed by atoms with Crippen LogP contribution >= 0.6 is 0 Å². The summed E-state index contributed by atoms with van der Waals surface area (Å²) in [5.41, 5.74) is 0. The average Bonchev–Trinajstić information content (AvgIpc) is 2.00. The summed E-state index contributed by atoms with van der Waals surface area (Å²) in [6.45, 7) is 3.03. The van der Waals surface area contributed by atoms with Crippen LogP contribution in [0.25, 0.3) is 0 Å². The van der Waals surface area contributed by atoms with E-state index in [9.17, 15) is 13.2 Å². The largest absolute Gasteiger partial charge is 0.479 e. The van der Waals surface area contributed by atoms with Crippen molar-refractivity contribution in [2.75, 3.05) is 5.75 Å². The lowest BCUT2D eigenvalue weighted by molar-refractivity contribution is -0.144. The summed E-state index contributed by atoms with van der Waals surface area (Å²) in [5.74, 6) is -1.40. The van der Waals surface area contributed by atoms with E-state index < -0.39 is 22.2 Å². The van der Waals surface area contributed by atoms with Gasteiger partial charge in [0.25, 0.3) is 10.1 Å². The Morgan fingerprint density at radius 1 is 1.54 bits per heavy atom. The zero-order valence-corrected chi connectivity index (χ0v) is 8.50. The first-order valence-corrected chi connectivity index (χ1v) is 5.60. The fourth-order valence-electron chi connectivity index (χ4n) is 0.630. The van der Waals surface area contributed by atoms with Gasteiger partial charge in [0.1, 0.15) is 0 Å². The van der Waals surface area contributed by atoms with Gasteiger partial charge < -0.3 is 5.11 Å². The molecule has 1 unspecified atom stereocenters. The third-order valence-electron chi connectivity index (χ3n) is 1.39. The van der Waals surface area contributed by atoms with Gasteiger partial charge in [-0.25, -0.2) is 4.79 Å². The molecule has 0 saturated carbocycles. The normalized spacial score (nSPS) is 14.0. The van der Waals surface area contributed by atoms with E-state index in [0.717, 1.165) is 6.42 Å². The first kappa shape index (κ1) is 12.4. The molecule has 0 aliphatic carbocycles. The highest BCUT2D eigenvalue weighted by atomic mass is 32.2. The van der Waals surface area contributed by atoms with Gasteiger partial charge in [0.15, 0.2) is 6.10 Å². The first-order valence-electron chi connectivity index (χ1n) is 4.03. The summed E-state index contributed by atoms with van der Waals surface area (Å²) >= 11 is 0. The van der Waals surface area contributed by atoms with Crippen LogP contribution in [-0.4, -0.2) is 31.4 Å². The number of unbranched alkanes of at least 4 members (excludes halogenated alkanes) is 1. The maximum absolute atomic E-state index is 11.0. The standard InChI is InChI=1S/C7H14O5S/c1-3-4-5-13(10,11)12-6(2)7(8)9/h6H,3-5H2,1-2H3,(H,8,9). The van der Waals surface area contributed by atoms with Crippen LogP contribution in [0.4, 0.5) is 0 Å². The van der Waals surface area contributed by atoms with Crippen molar-refractivity contribution in [3.8, 4) is 0 Å². The molecule has 5 nitrogen and oxygen atoms in total. The van der Waals surface area contributed by atoms with Crippen molar-refractivity contribution in [2.45, 2.75) is 32.8 Å². The number of carboxylic acid groups (broad SMARTS) is 1. The molecule has 0 aromatic carbocycles. The van der Waals surface area contributed by atoms with E-state index in [2.05, 4.69) is 4.18 Å². The van der Waals surface area contributed by atoms with Gasteiger partial charge in [-0.3, -0.25) is 4.18 Å². The van der Waals surface area contributed by atoms with Crippen molar-refractivity contribution in [3.05, 3.63) is 0 Å². The lowest BCUT2D eigenvalue weighted by Crippen LogP contribution is -2.25. The van der Waals surface area contributed by atoms with E-state index in [1.807, 2.05) is 6.92 Å². The Balaban J connectivity index is 4.10. The van der Waals surface area contributed by atoms with E-state index in [-0.39, 0.29) is 5.75 Å². The summed E-state index contributed by atoms with van der Waals surface area (Å²) in [7, 11) is -3.67. The molecule has 0 aromatic rings. The third kappa shape index (κ3) is 5.59. The smallest absolute Gasteiger partial charge is 0.334 e. The second-order valence-corrected chi connectivity index (χ2v) is 4.41. The summed E-state index contributed by atoms with van der Waals surface area (Å²) in [6, 6.07) is 0. The molecule has 1 atom stereocenters. The Morgan fingerprint density at radius 3 is 2.46 bits per heavy atom. The zero-order chi connectivity index (χ0) is 10.5. The minimum Gasteiger partial charge on any atom is -0.479 e. The Kier molecular flexibility index (Phi) is 4.94. The summed E-state index contributed by atoms with van der Waals surface area (Å²) < 4.78 is 26.4. The number of aliphatic carboxylic acids is 1. The van der Waals surface area contributed by atoms with E-state index in [1.165, 1.54) is 6.92 Å². The molecule has 0 saturated heterocycles. The van der Waals surface area contributed by atoms with Gasteiger partial charge in [-0.05, 0) is 13.3 Å². The molecule has 0 aliphatic heterocycles. The second kappa shape index (κ2) is 5.18. The average molecular weight is 210 g/mol. The van der Waals surface area contributed by atoms with Crippen LogP contribution in [0.15, 0.2) is 0 Å². The molecule has 0 rings (SSSR count). The Morgan fingerprint density at radius 2 is 2.08 bits per heavy atom. The fourth-order valence-corrected chi connectivity index (χ4v) is 1.89. The number of hydrogen-bond donors (Lipinski definition) is 1. The lowest BCUT2D eigenvalue weighted by atomic mass is 10.4. The molecular weight excluding hydrogens is 196 g/mol. The SMILES string of the molecule is CCCCS(=O)(=O)OC(C)C(=O)O. The van der Waals surface area contributed by atoms with Gasteiger partial charge in [-0.15, -0.1) is 0 Å². The minimum absolute atomic E-state index is 0.124. The quantitative estimate of drug-likeness (QED) is 0.649. The maximum Gasteiger partial charge on any atom is 0.334 e. The van der Waals surface area contributed by atoms with Crippen LogP contribution in [0.3, 0.4) is 0 Å². The zero-order valence-electron chi connectivity index (χ0n) is 7.69. The summed E-state index contributed by atoms with van der Waals surface area (Å²) in [5, 5.41) is 8.38. The predicted octanol–water partition coefficient (Wildman–Crippen LogP) is 0.606. The van der Waals surface area contributed by atoms with Crippen molar-refractivity contribution in [1.82, 2.24) is 0 Å². The lowest BCUT2D eigenvalue weighted by Gasteiger charge is -2.07. The molecule has 1 N–H and O–H groups in total. The van der Waals surface area contributed by atoms with Crippen LogP contribution in [-0.2, 0) is 19.1 Å². The number of hydrogen-bond acceptors (Lipinski definition) is 4. The molecule has 0 aromatic heterocycles.